The van der Waals surface area contributed by atoms with Gasteiger partial charge >= 0.3 is 0 Å². The smallest absolute Gasteiger partial charge is 0.292 e. The molecule has 0 radical (unpaired) electrons. The van der Waals surface area contributed by atoms with E-state index in [1.54, 1.807) is 29.1 Å². The van der Waals surface area contributed by atoms with Gasteiger partial charge in [-0.3, -0.25) is 4.79 Å². The summed E-state index contributed by atoms with van der Waals surface area (Å²) in [5.41, 5.74) is 7.09. The topological polar surface area (TPSA) is 86.1 Å². The summed E-state index contributed by atoms with van der Waals surface area (Å²) in [4.78, 5) is 12.0. The maximum absolute atomic E-state index is 12.0. The van der Waals surface area contributed by atoms with Crippen molar-refractivity contribution in [1.82, 2.24) is 9.78 Å². The first-order chi connectivity index (χ1) is 10.1. The summed E-state index contributed by atoms with van der Waals surface area (Å²) in [7, 11) is 0. The molecule has 3 N–H and O–H groups in total. The van der Waals surface area contributed by atoms with Crippen LogP contribution in [0.5, 0.6) is 0 Å². The van der Waals surface area contributed by atoms with Crippen molar-refractivity contribution in [3.8, 4) is 5.69 Å². The van der Waals surface area contributed by atoms with Crippen LogP contribution >= 0.6 is 11.6 Å². The Labute approximate surface area is 125 Å². The van der Waals surface area contributed by atoms with Gasteiger partial charge in [0.25, 0.3) is 5.91 Å². The van der Waals surface area contributed by atoms with Gasteiger partial charge in [0.2, 0.25) is 0 Å². The fraction of sp³-hybridized carbons (Fsp3) is 0. The Morgan fingerprint density at radius 3 is 2.62 bits per heavy atom. The van der Waals surface area contributed by atoms with Crippen molar-refractivity contribution in [2.24, 2.45) is 0 Å². The molecule has 0 spiro atoms. The third kappa shape index (κ3) is 2.75. The molecule has 21 heavy (non-hydrogen) atoms. The van der Waals surface area contributed by atoms with E-state index in [-0.39, 0.29) is 11.0 Å². The first kappa shape index (κ1) is 13.3. The number of benzene rings is 1. The number of nitrogen functional groups attached to an aromatic ring is 1. The van der Waals surface area contributed by atoms with Gasteiger partial charge < -0.3 is 15.5 Å². The minimum absolute atomic E-state index is 0.130. The summed E-state index contributed by atoms with van der Waals surface area (Å²) >= 11 is 5.65. The monoisotopic (exact) mass is 302 g/mol. The van der Waals surface area contributed by atoms with Crippen molar-refractivity contribution in [1.29, 1.82) is 0 Å². The number of carbonyl (C=O) groups is 1. The largest absolute Gasteiger partial charge is 0.440 e. The Bertz CT molecular complexity index is 776. The van der Waals surface area contributed by atoms with Crippen LogP contribution in [0.25, 0.3) is 5.69 Å². The summed E-state index contributed by atoms with van der Waals surface area (Å²) in [6.45, 7) is 0. The SMILES string of the molecule is Nc1ccc(-n2nccc2NC(=O)c2ccc(Cl)o2)cc1. The molecule has 106 valence electrons. The van der Waals surface area contributed by atoms with Gasteiger partial charge in [-0.1, -0.05) is 0 Å². The second-order valence-electron chi connectivity index (χ2n) is 4.28. The van der Waals surface area contributed by atoms with Gasteiger partial charge in [0.15, 0.2) is 11.0 Å². The zero-order chi connectivity index (χ0) is 14.8. The maximum Gasteiger partial charge on any atom is 0.292 e. The van der Waals surface area contributed by atoms with Crippen molar-refractivity contribution in [2.75, 3.05) is 11.1 Å². The Morgan fingerprint density at radius 1 is 1.19 bits per heavy atom. The van der Waals surface area contributed by atoms with Crippen LogP contribution in [0, 0.1) is 0 Å². The van der Waals surface area contributed by atoms with Gasteiger partial charge in [0.05, 0.1) is 11.9 Å². The molecule has 3 aromatic rings. The second-order valence-corrected chi connectivity index (χ2v) is 4.65. The number of nitrogens with one attached hydrogen (secondary N) is 1. The van der Waals surface area contributed by atoms with E-state index in [4.69, 9.17) is 21.8 Å². The molecular weight excluding hydrogens is 292 g/mol. The number of nitrogens with two attached hydrogens (primary N) is 1. The van der Waals surface area contributed by atoms with Crippen LogP contribution in [-0.2, 0) is 0 Å². The Balaban J connectivity index is 1.86. The highest BCUT2D eigenvalue weighted by Gasteiger charge is 2.13. The van der Waals surface area contributed by atoms with Crippen LogP contribution in [0.4, 0.5) is 11.5 Å². The second kappa shape index (κ2) is 5.34. The van der Waals surface area contributed by atoms with E-state index in [0.29, 0.717) is 11.5 Å². The highest BCUT2D eigenvalue weighted by atomic mass is 35.5. The molecule has 0 fully saturated rings. The molecule has 0 aliphatic rings. The fourth-order valence-electron chi connectivity index (χ4n) is 1.83. The molecule has 0 aliphatic heterocycles. The number of hydrogen-bond donors (Lipinski definition) is 2. The number of aromatic nitrogens is 2. The first-order valence-electron chi connectivity index (χ1n) is 6.10. The minimum Gasteiger partial charge on any atom is -0.440 e. The molecule has 0 bridgehead atoms. The zero-order valence-corrected chi connectivity index (χ0v) is 11.5. The van der Waals surface area contributed by atoms with Crippen molar-refractivity contribution in [3.05, 3.63) is 59.6 Å². The van der Waals surface area contributed by atoms with Crippen LogP contribution in [0.2, 0.25) is 5.22 Å². The number of furan rings is 1. The summed E-state index contributed by atoms with van der Waals surface area (Å²) < 4.78 is 6.65. The van der Waals surface area contributed by atoms with Gasteiger partial charge in [-0.15, -0.1) is 0 Å². The standard InChI is InChI=1S/C14H11ClN4O2/c15-12-6-5-11(21-12)14(20)18-13-7-8-17-19(13)10-3-1-9(16)2-4-10/h1-8H,16H2,(H,18,20). The molecule has 6 nitrogen and oxygen atoms in total. The average Bonchev–Trinajstić information content (AvgIpc) is 3.09. The lowest BCUT2D eigenvalue weighted by Crippen LogP contribution is -2.14. The summed E-state index contributed by atoms with van der Waals surface area (Å²) in [6, 6.07) is 11.8. The van der Waals surface area contributed by atoms with Gasteiger partial charge in [0.1, 0.15) is 5.82 Å². The van der Waals surface area contributed by atoms with Crippen molar-refractivity contribution in [3.63, 3.8) is 0 Å². The van der Waals surface area contributed by atoms with E-state index in [9.17, 15) is 4.79 Å². The molecular formula is C14H11ClN4O2. The Kier molecular flexibility index (Phi) is 3.37. The molecule has 7 heteroatoms. The number of carbonyl (C=O) groups excluding carboxylic acids is 1. The quantitative estimate of drug-likeness (QED) is 0.728. The molecule has 0 saturated carbocycles. The number of anilines is 2. The molecule has 2 aromatic heterocycles. The third-order valence-corrected chi connectivity index (χ3v) is 3.02. The number of hydrogen-bond acceptors (Lipinski definition) is 4. The van der Waals surface area contributed by atoms with Gasteiger partial charge in [0, 0.05) is 11.8 Å². The number of halogens is 1. The van der Waals surface area contributed by atoms with Gasteiger partial charge in [-0.25, -0.2) is 4.68 Å². The Morgan fingerprint density at radius 2 is 1.95 bits per heavy atom. The van der Waals surface area contributed by atoms with Crippen LogP contribution in [-0.4, -0.2) is 15.7 Å². The predicted octanol–water partition coefficient (Wildman–Crippen LogP) is 2.95. The molecule has 0 unspecified atom stereocenters. The molecule has 3 rings (SSSR count). The predicted molar refractivity (Wildman–Crippen MR) is 79.6 cm³/mol. The summed E-state index contributed by atoms with van der Waals surface area (Å²) in [6.07, 6.45) is 1.58. The molecule has 2 heterocycles. The van der Waals surface area contributed by atoms with Crippen LogP contribution in [0.3, 0.4) is 0 Å². The normalized spacial score (nSPS) is 10.5. The minimum atomic E-state index is -0.404. The van der Waals surface area contributed by atoms with E-state index in [1.807, 2.05) is 12.1 Å². The van der Waals surface area contributed by atoms with E-state index in [0.717, 1.165) is 5.69 Å². The molecule has 0 atom stereocenters. The lowest BCUT2D eigenvalue weighted by molar-refractivity contribution is 0.0996. The molecule has 1 aromatic carbocycles. The van der Waals surface area contributed by atoms with E-state index in [1.165, 1.54) is 12.1 Å². The van der Waals surface area contributed by atoms with Gasteiger partial charge in [-0.2, -0.15) is 5.10 Å². The number of nitrogens with zero attached hydrogens (tertiary/aromatic N) is 2. The van der Waals surface area contributed by atoms with Crippen LogP contribution in [0.15, 0.2) is 53.1 Å². The van der Waals surface area contributed by atoms with Crippen molar-refractivity contribution < 1.29 is 9.21 Å². The van der Waals surface area contributed by atoms with Gasteiger partial charge in [-0.05, 0) is 48.0 Å². The summed E-state index contributed by atoms with van der Waals surface area (Å²) in [5.74, 6) is 0.237. The highest BCUT2D eigenvalue weighted by molar-refractivity contribution is 6.29. The molecule has 0 saturated heterocycles. The van der Waals surface area contributed by atoms with E-state index < -0.39 is 5.91 Å². The average molecular weight is 303 g/mol. The first-order valence-corrected chi connectivity index (χ1v) is 6.48. The third-order valence-electron chi connectivity index (χ3n) is 2.82. The van der Waals surface area contributed by atoms with E-state index in [2.05, 4.69) is 10.4 Å². The van der Waals surface area contributed by atoms with Crippen LogP contribution < -0.4 is 11.1 Å². The van der Waals surface area contributed by atoms with Crippen LogP contribution in [0.1, 0.15) is 10.6 Å². The number of amides is 1. The molecule has 1 amide bonds. The number of rotatable bonds is 3. The lowest BCUT2D eigenvalue weighted by atomic mass is 10.3. The fourth-order valence-corrected chi connectivity index (χ4v) is 1.98. The van der Waals surface area contributed by atoms with Crippen molar-refractivity contribution >= 4 is 29.0 Å². The van der Waals surface area contributed by atoms with E-state index >= 15 is 0 Å². The van der Waals surface area contributed by atoms with Crippen molar-refractivity contribution in [2.45, 2.75) is 0 Å². The highest BCUT2D eigenvalue weighted by Crippen LogP contribution is 2.18. The lowest BCUT2D eigenvalue weighted by Gasteiger charge is -2.08. The Hall–Kier alpha value is -2.73. The summed E-state index contributed by atoms with van der Waals surface area (Å²) in [5, 5.41) is 7.04. The molecule has 0 aliphatic carbocycles. The zero-order valence-electron chi connectivity index (χ0n) is 10.8. The maximum atomic E-state index is 12.0.